The number of carbonyl (C=O) groups is 1. The predicted molar refractivity (Wildman–Crippen MR) is 69.5 cm³/mol. The lowest BCUT2D eigenvalue weighted by molar-refractivity contribution is -0.119. The van der Waals surface area contributed by atoms with Gasteiger partial charge in [-0.3, -0.25) is 4.79 Å². The molecule has 5 nitrogen and oxygen atoms in total. The molecule has 2 heterocycles. The van der Waals surface area contributed by atoms with Gasteiger partial charge in [0.25, 0.3) is 0 Å². The molecule has 1 aromatic heterocycles. The van der Waals surface area contributed by atoms with Crippen LogP contribution in [0.15, 0.2) is 5.38 Å². The summed E-state index contributed by atoms with van der Waals surface area (Å²) in [5, 5.41) is 5.29. The van der Waals surface area contributed by atoms with E-state index in [1.165, 1.54) is 24.2 Å². The van der Waals surface area contributed by atoms with Crippen molar-refractivity contribution in [3.8, 4) is 0 Å². The van der Waals surface area contributed by atoms with Gasteiger partial charge in [-0.1, -0.05) is 0 Å². The number of sulfone groups is 1. The summed E-state index contributed by atoms with van der Waals surface area (Å²) in [6, 6.07) is 0. The zero-order valence-electron chi connectivity index (χ0n) is 9.76. The average molecular weight is 286 g/mol. The number of hydrogen-bond donors (Lipinski definition) is 1. The summed E-state index contributed by atoms with van der Waals surface area (Å²) in [5.41, 5.74) is 1.05. The van der Waals surface area contributed by atoms with E-state index in [2.05, 4.69) is 10.3 Å². The van der Waals surface area contributed by atoms with E-state index in [1.807, 2.05) is 5.38 Å². The number of rotatable bonds is 3. The second kappa shape index (κ2) is 4.31. The average Bonchev–Trinajstić information content (AvgIpc) is 2.95. The number of nitrogens with one attached hydrogen (secondary N) is 1. The van der Waals surface area contributed by atoms with E-state index in [4.69, 9.17) is 0 Å². The van der Waals surface area contributed by atoms with Gasteiger partial charge in [0, 0.05) is 11.3 Å². The summed E-state index contributed by atoms with van der Waals surface area (Å²) in [6.45, 7) is 0. The Bertz CT molecular complexity index is 575. The van der Waals surface area contributed by atoms with Gasteiger partial charge in [0.05, 0.1) is 23.1 Å². The Balaban J connectivity index is 1.63. The lowest BCUT2D eigenvalue weighted by atomic mass is 10.1. The molecule has 0 radical (unpaired) electrons. The standard InChI is InChI=1S/C11H14N2O3S2/c14-10(8-3-4-18(15,16)6-8)13-11-12-9(5-17-11)7-1-2-7/h5,7-8H,1-4,6H2,(H,12,13,14). The lowest BCUT2D eigenvalue weighted by Gasteiger charge is -2.06. The van der Waals surface area contributed by atoms with Crippen LogP contribution in [0.3, 0.4) is 0 Å². The molecule has 1 aliphatic heterocycles. The maximum atomic E-state index is 11.9. The van der Waals surface area contributed by atoms with Crippen molar-refractivity contribution in [2.45, 2.75) is 25.2 Å². The van der Waals surface area contributed by atoms with Crippen LogP contribution in [0.25, 0.3) is 0 Å². The zero-order chi connectivity index (χ0) is 12.8. The topological polar surface area (TPSA) is 76.1 Å². The van der Waals surface area contributed by atoms with Crippen LogP contribution in [0.2, 0.25) is 0 Å². The molecule has 7 heteroatoms. The highest BCUT2D eigenvalue weighted by atomic mass is 32.2. The number of amides is 1. The molecule has 1 aromatic rings. The van der Waals surface area contributed by atoms with Gasteiger partial charge >= 0.3 is 0 Å². The van der Waals surface area contributed by atoms with Gasteiger partial charge in [0.15, 0.2) is 15.0 Å². The van der Waals surface area contributed by atoms with E-state index in [1.54, 1.807) is 0 Å². The Labute approximate surface area is 110 Å². The first-order valence-corrected chi connectivity index (χ1v) is 8.70. The van der Waals surface area contributed by atoms with Crippen LogP contribution in [-0.2, 0) is 14.6 Å². The maximum Gasteiger partial charge on any atom is 0.230 e. The number of carbonyl (C=O) groups excluding carboxylic acids is 1. The molecular formula is C11H14N2O3S2. The molecule has 1 amide bonds. The molecule has 1 N–H and O–H groups in total. The van der Waals surface area contributed by atoms with Crippen molar-refractivity contribution < 1.29 is 13.2 Å². The van der Waals surface area contributed by atoms with Crippen molar-refractivity contribution >= 4 is 32.2 Å². The number of thiazole rings is 1. The van der Waals surface area contributed by atoms with Crippen molar-refractivity contribution in [3.63, 3.8) is 0 Å². The van der Waals surface area contributed by atoms with Gasteiger partial charge in [-0.25, -0.2) is 13.4 Å². The zero-order valence-corrected chi connectivity index (χ0v) is 11.4. The number of anilines is 1. The molecule has 1 aliphatic carbocycles. The Hall–Kier alpha value is -0.950. The van der Waals surface area contributed by atoms with Crippen LogP contribution in [0.1, 0.15) is 30.9 Å². The first-order chi connectivity index (χ1) is 8.53. The summed E-state index contributed by atoms with van der Waals surface area (Å²) in [6.07, 6.45) is 2.78. The lowest BCUT2D eigenvalue weighted by Crippen LogP contribution is -2.23. The third-order valence-electron chi connectivity index (χ3n) is 3.35. The highest BCUT2D eigenvalue weighted by molar-refractivity contribution is 7.91. The van der Waals surface area contributed by atoms with E-state index in [0.29, 0.717) is 17.5 Å². The Kier molecular flexibility index (Phi) is 2.90. The molecule has 2 aliphatic rings. The first-order valence-electron chi connectivity index (χ1n) is 6.00. The molecule has 1 atom stereocenters. The van der Waals surface area contributed by atoms with Crippen LogP contribution in [0.5, 0.6) is 0 Å². The van der Waals surface area contributed by atoms with E-state index < -0.39 is 15.8 Å². The normalized spacial score (nSPS) is 26.1. The molecule has 98 valence electrons. The van der Waals surface area contributed by atoms with Gasteiger partial charge < -0.3 is 5.32 Å². The molecule has 2 fully saturated rings. The third kappa shape index (κ3) is 2.56. The van der Waals surface area contributed by atoms with E-state index in [-0.39, 0.29) is 17.4 Å². The smallest absolute Gasteiger partial charge is 0.230 e. The van der Waals surface area contributed by atoms with E-state index in [9.17, 15) is 13.2 Å². The monoisotopic (exact) mass is 286 g/mol. The van der Waals surface area contributed by atoms with Gasteiger partial charge in [-0.15, -0.1) is 11.3 Å². The molecule has 18 heavy (non-hydrogen) atoms. The van der Waals surface area contributed by atoms with Crippen molar-refractivity contribution in [1.82, 2.24) is 4.98 Å². The fraction of sp³-hybridized carbons (Fsp3) is 0.636. The van der Waals surface area contributed by atoms with Crippen LogP contribution in [0.4, 0.5) is 5.13 Å². The predicted octanol–water partition coefficient (Wildman–Crippen LogP) is 1.39. The van der Waals surface area contributed by atoms with Crippen LogP contribution < -0.4 is 5.32 Å². The first kappa shape index (κ1) is 12.1. The molecule has 1 unspecified atom stereocenters. The number of hydrogen-bond acceptors (Lipinski definition) is 5. The fourth-order valence-electron chi connectivity index (χ4n) is 2.12. The summed E-state index contributed by atoms with van der Waals surface area (Å²) in [7, 11) is -3.01. The molecule has 3 rings (SSSR count). The number of aromatic nitrogens is 1. The summed E-state index contributed by atoms with van der Waals surface area (Å²) >= 11 is 1.41. The van der Waals surface area contributed by atoms with Gasteiger partial charge in [-0.05, 0) is 19.3 Å². The van der Waals surface area contributed by atoms with E-state index in [0.717, 1.165) is 5.69 Å². The minimum atomic E-state index is -3.01. The van der Waals surface area contributed by atoms with Crippen molar-refractivity contribution in [2.75, 3.05) is 16.8 Å². The minimum absolute atomic E-state index is 0.0281. The van der Waals surface area contributed by atoms with Crippen LogP contribution >= 0.6 is 11.3 Å². The van der Waals surface area contributed by atoms with Crippen LogP contribution in [-0.4, -0.2) is 30.8 Å². The van der Waals surface area contributed by atoms with Crippen LogP contribution in [0, 0.1) is 5.92 Å². The van der Waals surface area contributed by atoms with E-state index >= 15 is 0 Å². The largest absolute Gasteiger partial charge is 0.302 e. The second-order valence-corrected chi connectivity index (χ2v) is 8.03. The van der Waals surface area contributed by atoms with Gasteiger partial charge in [-0.2, -0.15) is 0 Å². The quantitative estimate of drug-likeness (QED) is 0.911. The molecule has 1 saturated heterocycles. The van der Waals surface area contributed by atoms with Gasteiger partial charge in [0.1, 0.15) is 0 Å². The fourth-order valence-corrected chi connectivity index (χ4v) is 4.66. The molecule has 0 aromatic carbocycles. The molecule has 0 spiro atoms. The minimum Gasteiger partial charge on any atom is -0.302 e. The summed E-state index contributed by atoms with van der Waals surface area (Å²) in [5.74, 6) is 0.0329. The summed E-state index contributed by atoms with van der Waals surface area (Å²) in [4.78, 5) is 16.2. The van der Waals surface area contributed by atoms with Crippen molar-refractivity contribution in [3.05, 3.63) is 11.1 Å². The second-order valence-electron chi connectivity index (χ2n) is 4.94. The Morgan fingerprint density at radius 2 is 2.17 bits per heavy atom. The highest BCUT2D eigenvalue weighted by Gasteiger charge is 2.33. The number of nitrogens with zero attached hydrogens (tertiary/aromatic N) is 1. The maximum absolute atomic E-state index is 11.9. The van der Waals surface area contributed by atoms with Crippen molar-refractivity contribution in [1.29, 1.82) is 0 Å². The highest BCUT2D eigenvalue weighted by Crippen LogP contribution is 2.40. The summed E-state index contributed by atoms with van der Waals surface area (Å²) < 4.78 is 22.6. The van der Waals surface area contributed by atoms with Crippen molar-refractivity contribution in [2.24, 2.45) is 5.92 Å². The molecular weight excluding hydrogens is 272 g/mol. The third-order valence-corrected chi connectivity index (χ3v) is 5.89. The SMILES string of the molecule is O=C(Nc1nc(C2CC2)cs1)C1CCS(=O)(=O)C1. The Morgan fingerprint density at radius 3 is 2.78 bits per heavy atom. The Morgan fingerprint density at radius 1 is 1.39 bits per heavy atom. The van der Waals surface area contributed by atoms with Gasteiger partial charge in [0.2, 0.25) is 5.91 Å². The molecule has 1 saturated carbocycles. The molecule has 0 bridgehead atoms.